The third-order valence-corrected chi connectivity index (χ3v) is 4.48. The number of rotatable bonds is 5. The van der Waals surface area contributed by atoms with Crippen LogP contribution in [0.4, 0.5) is 10.9 Å². The Morgan fingerprint density at radius 2 is 2.12 bits per heavy atom. The lowest BCUT2D eigenvalue weighted by molar-refractivity contribution is -0.402. The standard InChI is InChI=1S/C16H14N4O5S/c1-9-11(8-17)15(26-14(9)16(22)19(2)3)18-12(21)6-4-10-5-7-13(25-10)20(23)24/h4-7H,1-3H3,(H,18,21). The first kappa shape index (κ1) is 18.9. The monoisotopic (exact) mass is 374 g/mol. The van der Waals surface area contributed by atoms with Gasteiger partial charge in [-0.3, -0.25) is 19.7 Å². The van der Waals surface area contributed by atoms with Crippen LogP contribution in [0.25, 0.3) is 6.08 Å². The summed E-state index contributed by atoms with van der Waals surface area (Å²) >= 11 is 1.01. The molecule has 0 unspecified atom stereocenters. The van der Waals surface area contributed by atoms with Crippen molar-refractivity contribution in [2.24, 2.45) is 0 Å². The van der Waals surface area contributed by atoms with Crippen molar-refractivity contribution in [2.45, 2.75) is 6.92 Å². The van der Waals surface area contributed by atoms with E-state index in [1.807, 2.05) is 6.07 Å². The maximum absolute atomic E-state index is 12.1. The van der Waals surface area contributed by atoms with Crippen LogP contribution in [0.5, 0.6) is 0 Å². The molecule has 1 N–H and O–H groups in total. The molecule has 0 aliphatic carbocycles. The Labute approximate surface area is 152 Å². The van der Waals surface area contributed by atoms with E-state index in [2.05, 4.69) is 5.32 Å². The van der Waals surface area contributed by atoms with Crippen molar-refractivity contribution in [3.05, 3.63) is 50.1 Å². The Bertz CT molecular complexity index is 948. The highest BCUT2D eigenvalue weighted by Gasteiger charge is 2.22. The van der Waals surface area contributed by atoms with Gasteiger partial charge in [0.1, 0.15) is 21.8 Å². The summed E-state index contributed by atoms with van der Waals surface area (Å²) in [5, 5.41) is 22.6. The molecular weight excluding hydrogens is 360 g/mol. The molecule has 2 aromatic rings. The molecule has 2 aromatic heterocycles. The van der Waals surface area contributed by atoms with Gasteiger partial charge in [0.2, 0.25) is 5.91 Å². The Morgan fingerprint density at radius 1 is 1.42 bits per heavy atom. The van der Waals surface area contributed by atoms with Crippen LogP contribution in [-0.4, -0.2) is 35.7 Å². The summed E-state index contributed by atoms with van der Waals surface area (Å²) in [6.07, 6.45) is 2.38. The minimum Gasteiger partial charge on any atom is -0.401 e. The molecule has 2 rings (SSSR count). The maximum Gasteiger partial charge on any atom is 0.433 e. The van der Waals surface area contributed by atoms with Crippen LogP contribution in [0.3, 0.4) is 0 Å². The molecule has 0 bridgehead atoms. The van der Waals surface area contributed by atoms with Crippen molar-refractivity contribution in [3.8, 4) is 6.07 Å². The van der Waals surface area contributed by atoms with E-state index in [0.29, 0.717) is 10.4 Å². The van der Waals surface area contributed by atoms with Crippen molar-refractivity contribution in [1.29, 1.82) is 5.26 Å². The van der Waals surface area contributed by atoms with Crippen LogP contribution in [0.1, 0.15) is 26.6 Å². The maximum atomic E-state index is 12.1. The van der Waals surface area contributed by atoms with Gasteiger partial charge < -0.3 is 14.6 Å². The number of nitriles is 1. The molecule has 0 fully saturated rings. The van der Waals surface area contributed by atoms with E-state index in [4.69, 9.17) is 4.42 Å². The molecule has 2 amide bonds. The van der Waals surface area contributed by atoms with Gasteiger partial charge in [-0.25, -0.2) is 0 Å². The van der Waals surface area contributed by atoms with Crippen LogP contribution in [0, 0.1) is 28.4 Å². The zero-order valence-corrected chi connectivity index (χ0v) is 14.9. The first-order chi connectivity index (χ1) is 12.2. The third-order valence-electron chi connectivity index (χ3n) is 3.29. The number of hydrogen-bond donors (Lipinski definition) is 1. The van der Waals surface area contributed by atoms with Crippen molar-refractivity contribution < 1.29 is 18.9 Å². The molecule has 26 heavy (non-hydrogen) atoms. The second kappa shape index (κ2) is 7.62. The summed E-state index contributed by atoms with van der Waals surface area (Å²) in [7, 11) is 3.19. The van der Waals surface area contributed by atoms with Gasteiger partial charge >= 0.3 is 5.88 Å². The number of nitrogens with one attached hydrogen (secondary N) is 1. The van der Waals surface area contributed by atoms with Gasteiger partial charge in [0.05, 0.1) is 16.5 Å². The smallest absolute Gasteiger partial charge is 0.401 e. The average molecular weight is 374 g/mol. The van der Waals surface area contributed by atoms with Gasteiger partial charge in [0, 0.05) is 20.2 Å². The first-order valence-corrected chi connectivity index (χ1v) is 8.04. The van der Waals surface area contributed by atoms with Gasteiger partial charge in [-0.1, -0.05) is 0 Å². The third kappa shape index (κ3) is 3.96. The predicted octanol–water partition coefficient (Wildman–Crippen LogP) is 2.78. The van der Waals surface area contributed by atoms with E-state index in [1.165, 1.54) is 23.1 Å². The fourth-order valence-electron chi connectivity index (χ4n) is 1.98. The molecule has 0 spiro atoms. The lowest BCUT2D eigenvalue weighted by Gasteiger charge is -2.08. The Hall–Kier alpha value is -3.45. The number of hydrogen-bond acceptors (Lipinski definition) is 7. The number of furan rings is 1. The van der Waals surface area contributed by atoms with Gasteiger partial charge in [0.15, 0.2) is 0 Å². The van der Waals surface area contributed by atoms with Crippen molar-refractivity contribution in [3.63, 3.8) is 0 Å². The van der Waals surface area contributed by atoms with E-state index in [0.717, 1.165) is 17.4 Å². The van der Waals surface area contributed by atoms with Crippen LogP contribution >= 0.6 is 11.3 Å². The van der Waals surface area contributed by atoms with E-state index in [1.54, 1.807) is 21.0 Å². The Balaban J connectivity index is 2.19. The predicted molar refractivity (Wildman–Crippen MR) is 94.8 cm³/mol. The zero-order valence-electron chi connectivity index (χ0n) is 14.1. The molecule has 2 heterocycles. The highest BCUT2D eigenvalue weighted by atomic mass is 32.1. The van der Waals surface area contributed by atoms with Gasteiger partial charge in [-0.05, 0) is 24.6 Å². The fraction of sp³-hybridized carbons (Fsp3) is 0.188. The highest BCUT2D eigenvalue weighted by Crippen LogP contribution is 2.33. The summed E-state index contributed by atoms with van der Waals surface area (Å²) in [6.45, 7) is 1.64. The number of nitro groups is 1. The molecule has 0 aliphatic heterocycles. The van der Waals surface area contributed by atoms with E-state index < -0.39 is 16.7 Å². The molecule has 0 saturated carbocycles. The summed E-state index contributed by atoms with van der Waals surface area (Å²) in [5.74, 6) is -1.12. The Morgan fingerprint density at radius 3 is 2.65 bits per heavy atom. The van der Waals surface area contributed by atoms with Crippen molar-refractivity contribution >= 4 is 40.1 Å². The van der Waals surface area contributed by atoms with Crippen molar-refractivity contribution in [2.75, 3.05) is 19.4 Å². The lowest BCUT2D eigenvalue weighted by Crippen LogP contribution is -2.21. The normalized spacial score (nSPS) is 10.5. The highest BCUT2D eigenvalue weighted by molar-refractivity contribution is 7.18. The molecule has 10 heteroatoms. The summed E-state index contributed by atoms with van der Waals surface area (Å²) in [4.78, 5) is 35.8. The average Bonchev–Trinajstić information content (AvgIpc) is 3.17. The first-order valence-electron chi connectivity index (χ1n) is 7.23. The molecule has 0 atom stereocenters. The molecule has 0 saturated heterocycles. The minimum atomic E-state index is -0.686. The Kier molecular flexibility index (Phi) is 5.54. The SMILES string of the molecule is Cc1c(C(=O)N(C)C)sc(NC(=O)C=Cc2ccc([N+](=O)[O-])o2)c1C#N. The topological polar surface area (TPSA) is 129 Å². The fourth-order valence-corrected chi connectivity index (χ4v) is 3.17. The molecule has 0 radical (unpaired) electrons. The lowest BCUT2D eigenvalue weighted by atomic mass is 10.1. The summed E-state index contributed by atoms with van der Waals surface area (Å²) < 4.78 is 4.91. The largest absolute Gasteiger partial charge is 0.433 e. The minimum absolute atomic E-state index is 0.137. The molecule has 0 aliphatic rings. The van der Waals surface area contributed by atoms with E-state index in [9.17, 15) is 25.0 Å². The second-order valence-corrected chi connectivity index (χ2v) is 6.35. The number of carbonyl (C=O) groups excluding carboxylic acids is 2. The van der Waals surface area contributed by atoms with Gasteiger partial charge in [-0.2, -0.15) is 5.26 Å². The molecule has 9 nitrogen and oxygen atoms in total. The van der Waals surface area contributed by atoms with Crippen LogP contribution in [-0.2, 0) is 4.79 Å². The van der Waals surface area contributed by atoms with Gasteiger partial charge in [-0.15, -0.1) is 11.3 Å². The van der Waals surface area contributed by atoms with Crippen LogP contribution in [0.15, 0.2) is 22.6 Å². The van der Waals surface area contributed by atoms with Crippen LogP contribution < -0.4 is 5.32 Å². The molecule has 134 valence electrons. The van der Waals surface area contributed by atoms with E-state index >= 15 is 0 Å². The zero-order chi connectivity index (χ0) is 19.4. The van der Waals surface area contributed by atoms with Crippen molar-refractivity contribution in [1.82, 2.24) is 4.90 Å². The molecular formula is C16H14N4O5S. The quantitative estimate of drug-likeness (QED) is 0.486. The number of nitrogens with zero attached hydrogens (tertiary/aromatic N) is 3. The number of amides is 2. The number of thiophene rings is 1. The number of carbonyl (C=O) groups is 2. The summed E-state index contributed by atoms with van der Waals surface area (Å²) in [6, 6.07) is 4.51. The van der Waals surface area contributed by atoms with Gasteiger partial charge in [0.25, 0.3) is 5.91 Å². The number of anilines is 1. The molecule has 0 aromatic carbocycles. The van der Waals surface area contributed by atoms with E-state index in [-0.39, 0.29) is 22.2 Å². The second-order valence-electron chi connectivity index (χ2n) is 5.33. The van der Waals surface area contributed by atoms with Crippen LogP contribution in [0.2, 0.25) is 0 Å². The summed E-state index contributed by atoms with van der Waals surface area (Å²) in [5.41, 5.74) is 0.715.